The predicted octanol–water partition coefficient (Wildman–Crippen LogP) is 6.19. The Morgan fingerprint density at radius 3 is 2.51 bits per heavy atom. The Bertz CT molecular complexity index is 1670. The molecule has 0 amide bonds. The van der Waals surface area contributed by atoms with Gasteiger partial charge in [0.25, 0.3) is 0 Å². The van der Waals surface area contributed by atoms with E-state index < -0.39 is 23.9 Å². The van der Waals surface area contributed by atoms with E-state index in [0.717, 1.165) is 11.8 Å². The molecule has 0 bridgehead atoms. The molecule has 0 fully saturated rings. The van der Waals surface area contributed by atoms with Crippen LogP contribution in [0.5, 0.6) is 0 Å². The molecule has 0 saturated carbocycles. The second-order valence-corrected chi connectivity index (χ2v) is 8.83. The van der Waals surface area contributed by atoms with Crippen LogP contribution in [0, 0.1) is 6.92 Å². The first-order chi connectivity index (χ1) is 17.5. The van der Waals surface area contributed by atoms with Crippen molar-refractivity contribution < 1.29 is 23.1 Å². The number of hydrogen-bond donors (Lipinski definition) is 2. The van der Waals surface area contributed by atoms with E-state index in [-0.39, 0.29) is 28.0 Å². The van der Waals surface area contributed by atoms with Gasteiger partial charge >= 0.3 is 12.1 Å². The Kier molecular flexibility index (Phi) is 5.95. The molecule has 0 spiro atoms. The van der Waals surface area contributed by atoms with Gasteiger partial charge in [0.1, 0.15) is 16.6 Å². The number of pyridine rings is 2. The largest absolute Gasteiger partial charge is 0.476 e. The van der Waals surface area contributed by atoms with Gasteiger partial charge in [-0.1, -0.05) is 17.7 Å². The Balaban J connectivity index is 1.75. The third-order valence-corrected chi connectivity index (χ3v) is 6.02. The van der Waals surface area contributed by atoms with E-state index in [4.69, 9.17) is 16.6 Å². The van der Waals surface area contributed by atoms with E-state index in [0.29, 0.717) is 22.0 Å². The van der Waals surface area contributed by atoms with Gasteiger partial charge in [0, 0.05) is 35.1 Å². The summed E-state index contributed by atoms with van der Waals surface area (Å²) < 4.78 is 42.3. The van der Waals surface area contributed by atoms with Crippen molar-refractivity contribution in [2.45, 2.75) is 26.1 Å². The number of anilines is 1. The number of nitrogens with zero attached hydrogens (tertiary/aromatic N) is 5. The molecule has 1 atom stereocenters. The second kappa shape index (κ2) is 9.00. The number of fused-ring (bicyclic) bond motifs is 3. The molecule has 4 aromatic heterocycles. The molecular weight excluding hydrogens is 509 g/mol. The van der Waals surface area contributed by atoms with Crippen LogP contribution in [0.2, 0.25) is 5.15 Å². The smallest absolute Gasteiger partial charge is 0.434 e. The topological polar surface area (TPSA) is 105 Å². The minimum atomic E-state index is -4.65. The lowest BCUT2D eigenvalue weighted by Gasteiger charge is -2.20. The fourth-order valence-corrected chi connectivity index (χ4v) is 4.34. The number of carboxylic acid groups (broad SMARTS) is 1. The van der Waals surface area contributed by atoms with Crippen LogP contribution in [-0.2, 0) is 6.18 Å². The SMILES string of the molecule is Cc1cc(C(C)Nc2ccc(Cl)nc2C(=O)O)c2nc(-c3ccncc3)n3cc(C(F)(F)F)nc3c2c1. The van der Waals surface area contributed by atoms with Gasteiger partial charge in [0.15, 0.2) is 11.4 Å². The first-order valence-corrected chi connectivity index (χ1v) is 11.4. The number of aryl methyl sites for hydroxylation is 1. The molecule has 5 aromatic rings. The van der Waals surface area contributed by atoms with Crippen molar-refractivity contribution in [2.24, 2.45) is 0 Å². The van der Waals surface area contributed by atoms with Gasteiger partial charge in [0.2, 0.25) is 0 Å². The van der Waals surface area contributed by atoms with Crippen LogP contribution in [0.15, 0.2) is 55.0 Å². The van der Waals surface area contributed by atoms with E-state index in [1.807, 2.05) is 13.0 Å². The minimum absolute atomic E-state index is 0.0300. The molecule has 12 heteroatoms. The number of imidazole rings is 1. The zero-order valence-corrected chi connectivity index (χ0v) is 20.1. The minimum Gasteiger partial charge on any atom is -0.476 e. The molecule has 0 radical (unpaired) electrons. The predicted molar refractivity (Wildman–Crippen MR) is 132 cm³/mol. The summed E-state index contributed by atoms with van der Waals surface area (Å²) in [6.45, 7) is 3.60. The quantitative estimate of drug-likeness (QED) is 0.263. The van der Waals surface area contributed by atoms with Crippen LogP contribution in [0.3, 0.4) is 0 Å². The molecule has 5 rings (SSSR count). The molecule has 2 N–H and O–H groups in total. The summed E-state index contributed by atoms with van der Waals surface area (Å²) in [5, 5.41) is 13.1. The van der Waals surface area contributed by atoms with Gasteiger partial charge in [0.05, 0.1) is 17.2 Å². The number of nitrogens with one attached hydrogen (secondary N) is 1. The van der Waals surface area contributed by atoms with Crippen molar-refractivity contribution in [3.8, 4) is 11.4 Å². The Hall–Kier alpha value is -4.25. The maximum atomic E-state index is 13.6. The third kappa shape index (κ3) is 4.53. The number of carbonyl (C=O) groups is 1. The first-order valence-electron chi connectivity index (χ1n) is 11.0. The molecule has 0 saturated heterocycles. The average molecular weight is 527 g/mol. The summed E-state index contributed by atoms with van der Waals surface area (Å²) in [7, 11) is 0. The maximum Gasteiger partial charge on any atom is 0.434 e. The molecule has 188 valence electrons. The van der Waals surface area contributed by atoms with Gasteiger partial charge in [-0.15, -0.1) is 0 Å². The van der Waals surface area contributed by atoms with Gasteiger partial charge in [-0.05, 0) is 49.7 Å². The highest BCUT2D eigenvalue weighted by molar-refractivity contribution is 6.29. The van der Waals surface area contributed by atoms with Crippen LogP contribution in [-0.4, -0.2) is 35.4 Å². The number of hydrogen-bond acceptors (Lipinski definition) is 6. The van der Waals surface area contributed by atoms with E-state index >= 15 is 0 Å². The van der Waals surface area contributed by atoms with Gasteiger partial charge in [-0.2, -0.15) is 13.2 Å². The third-order valence-electron chi connectivity index (χ3n) is 5.81. The van der Waals surface area contributed by atoms with Gasteiger partial charge in [-0.25, -0.2) is 19.7 Å². The first kappa shape index (κ1) is 24.4. The van der Waals surface area contributed by atoms with E-state index in [9.17, 15) is 23.1 Å². The summed E-state index contributed by atoms with van der Waals surface area (Å²) in [5.41, 5.74) is 1.40. The van der Waals surface area contributed by atoms with Crippen LogP contribution in [0.4, 0.5) is 18.9 Å². The van der Waals surface area contributed by atoms with Crippen LogP contribution in [0.25, 0.3) is 27.9 Å². The number of benzene rings is 1. The summed E-state index contributed by atoms with van der Waals surface area (Å²) in [5.74, 6) is -1.01. The highest BCUT2D eigenvalue weighted by atomic mass is 35.5. The number of aromatic carboxylic acids is 1. The number of rotatable bonds is 5. The lowest BCUT2D eigenvalue weighted by Crippen LogP contribution is -2.13. The fraction of sp³-hybridized carbons (Fsp3) is 0.160. The molecule has 1 aromatic carbocycles. The zero-order chi connectivity index (χ0) is 26.5. The summed E-state index contributed by atoms with van der Waals surface area (Å²) in [6.07, 6.45) is -0.671. The fourth-order valence-electron chi connectivity index (χ4n) is 4.19. The molecule has 0 aliphatic carbocycles. The summed E-state index contributed by atoms with van der Waals surface area (Å²) in [6, 6.07) is 9.32. The van der Waals surface area contributed by atoms with E-state index in [2.05, 4.69) is 20.3 Å². The molecule has 4 heterocycles. The van der Waals surface area contributed by atoms with Gasteiger partial charge in [-0.3, -0.25) is 9.38 Å². The zero-order valence-electron chi connectivity index (χ0n) is 19.4. The highest BCUT2D eigenvalue weighted by Gasteiger charge is 2.35. The monoisotopic (exact) mass is 526 g/mol. The number of alkyl halides is 3. The van der Waals surface area contributed by atoms with Crippen LogP contribution < -0.4 is 5.32 Å². The van der Waals surface area contributed by atoms with Crippen molar-refractivity contribution in [1.82, 2.24) is 24.3 Å². The van der Waals surface area contributed by atoms with Crippen molar-refractivity contribution in [3.63, 3.8) is 0 Å². The average Bonchev–Trinajstić information content (AvgIpc) is 3.31. The second-order valence-electron chi connectivity index (χ2n) is 8.44. The summed E-state index contributed by atoms with van der Waals surface area (Å²) in [4.78, 5) is 28.3. The van der Waals surface area contributed by atoms with Gasteiger partial charge < -0.3 is 10.4 Å². The maximum absolute atomic E-state index is 13.6. The highest BCUT2D eigenvalue weighted by Crippen LogP contribution is 2.35. The Morgan fingerprint density at radius 1 is 1.11 bits per heavy atom. The number of carboxylic acids is 1. The lowest BCUT2D eigenvalue weighted by atomic mass is 10.0. The normalized spacial score (nSPS) is 12.7. The summed E-state index contributed by atoms with van der Waals surface area (Å²) >= 11 is 5.87. The van der Waals surface area contributed by atoms with Crippen molar-refractivity contribution in [3.05, 3.63) is 82.7 Å². The molecule has 0 aliphatic heterocycles. The standard InChI is InChI=1S/C25H18ClF3N6O2/c1-12-9-15(13(2)31-17-3-4-19(26)33-21(17)24(36)37)20-16(10-12)23-32-18(25(27,28)29)11-35(23)22(34-20)14-5-7-30-8-6-14/h3-11,13,31H,1-2H3,(H,36,37). The molecule has 0 aliphatic rings. The van der Waals surface area contributed by atoms with E-state index in [1.165, 1.54) is 28.9 Å². The van der Waals surface area contributed by atoms with E-state index in [1.54, 1.807) is 25.1 Å². The van der Waals surface area contributed by atoms with Crippen molar-refractivity contribution in [1.29, 1.82) is 0 Å². The molecular formula is C25H18ClF3N6O2. The lowest BCUT2D eigenvalue weighted by molar-refractivity contribution is -0.140. The van der Waals surface area contributed by atoms with Crippen molar-refractivity contribution >= 4 is 39.8 Å². The Morgan fingerprint density at radius 2 is 1.84 bits per heavy atom. The molecule has 8 nitrogen and oxygen atoms in total. The number of aromatic nitrogens is 5. The molecule has 37 heavy (non-hydrogen) atoms. The van der Waals surface area contributed by atoms with Crippen LogP contribution in [0.1, 0.15) is 40.3 Å². The van der Waals surface area contributed by atoms with Crippen LogP contribution >= 0.6 is 11.6 Å². The number of halogens is 4. The van der Waals surface area contributed by atoms with Crippen molar-refractivity contribution in [2.75, 3.05) is 5.32 Å². The Labute approximate surface area is 212 Å². The molecule has 1 unspecified atom stereocenters.